The molecule has 1 aromatic heterocycles. The van der Waals surface area contributed by atoms with E-state index in [0.717, 1.165) is 12.8 Å². The van der Waals surface area contributed by atoms with Gasteiger partial charge >= 0.3 is 0 Å². The van der Waals surface area contributed by atoms with E-state index in [1.807, 2.05) is 0 Å². The summed E-state index contributed by atoms with van der Waals surface area (Å²) in [6, 6.07) is 15.1. The van der Waals surface area contributed by atoms with E-state index in [1.54, 1.807) is 0 Å². The number of benzene rings is 1. The van der Waals surface area contributed by atoms with Crippen molar-refractivity contribution >= 4 is 5.97 Å². The van der Waals surface area contributed by atoms with Gasteiger partial charge in [0.25, 0.3) is 0 Å². The van der Waals surface area contributed by atoms with E-state index in [1.165, 1.54) is 113 Å². The molecule has 0 unspecified atom stereocenters. The van der Waals surface area contributed by atoms with Crippen LogP contribution in [0.25, 0.3) is 5.69 Å². The maximum atomic E-state index is 10.4. The van der Waals surface area contributed by atoms with Gasteiger partial charge in [-0.15, -0.1) is 0 Å². The Bertz CT molecular complexity index is 787. The number of carboxylic acids is 1. The highest BCUT2D eigenvalue weighted by Gasteiger charge is 2.13. The van der Waals surface area contributed by atoms with E-state index in [0.29, 0.717) is 0 Å². The number of unbranched alkanes of at least 4 members (excludes halogenated alkanes) is 15. The highest BCUT2D eigenvalue weighted by atomic mass is 16.4. The second kappa shape index (κ2) is 18.2. The van der Waals surface area contributed by atoms with Crippen LogP contribution in [0.4, 0.5) is 0 Å². The predicted molar refractivity (Wildman–Crippen MR) is 140 cm³/mol. The van der Waals surface area contributed by atoms with Crippen molar-refractivity contribution in [1.82, 2.24) is 0 Å². The van der Waals surface area contributed by atoms with Crippen LogP contribution in [-0.2, 0) is 11.2 Å². The molecule has 0 aliphatic rings. The lowest BCUT2D eigenvalue weighted by Crippen LogP contribution is -2.34. The quantitative estimate of drug-likeness (QED) is 0.153. The Morgan fingerprint density at radius 3 is 1.62 bits per heavy atom. The van der Waals surface area contributed by atoms with Crippen molar-refractivity contribution in [3.8, 4) is 5.69 Å². The summed E-state index contributed by atoms with van der Waals surface area (Å²) in [5.74, 6) is -0.907. The third-order valence-corrected chi connectivity index (χ3v) is 6.97. The number of rotatable bonds is 20. The molecular formula is C31H47NO2. The average Bonchev–Trinajstić information content (AvgIpc) is 2.84. The van der Waals surface area contributed by atoms with Gasteiger partial charge in [0.2, 0.25) is 5.69 Å². The summed E-state index contributed by atoms with van der Waals surface area (Å²) < 4.78 is 2.30. The first-order valence-corrected chi connectivity index (χ1v) is 13.9. The summed E-state index contributed by atoms with van der Waals surface area (Å²) in [4.78, 5) is 10.4. The van der Waals surface area contributed by atoms with Crippen molar-refractivity contribution in [2.24, 2.45) is 0 Å². The number of hydrogen-bond acceptors (Lipinski definition) is 2. The van der Waals surface area contributed by atoms with Crippen LogP contribution in [0.1, 0.15) is 120 Å². The number of aryl methyl sites for hydroxylation is 1. The Kier molecular flexibility index (Phi) is 15.0. The van der Waals surface area contributed by atoms with Crippen LogP contribution < -0.4 is 9.67 Å². The van der Waals surface area contributed by atoms with Crippen molar-refractivity contribution in [2.75, 3.05) is 0 Å². The number of nitrogens with zero attached hydrogens (tertiary/aromatic N) is 1. The molecule has 2 rings (SSSR count). The SMILES string of the molecule is Cc1c(CCCCCCCCCCCCCCCCCCC(=O)[O-])ccc[n+]1-c1ccccc1. The largest absolute Gasteiger partial charge is 0.550 e. The molecule has 3 nitrogen and oxygen atoms in total. The molecule has 0 spiro atoms. The molecule has 3 heteroatoms. The van der Waals surface area contributed by atoms with Crippen molar-refractivity contribution in [2.45, 2.75) is 122 Å². The van der Waals surface area contributed by atoms with Gasteiger partial charge in [-0.1, -0.05) is 108 Å². The summed E-state index contributed by atoms with van der Waals surface area (Å²) in [5, 5.41) is 10.4. The van der Waals surface area contributed by atoms with Gasteiger partial charge in [0, 0.05) is 36.7 Å². The number of carboxylic acid groups (broad SMARTS) is 1. The molecule has 0 amide bonds. The standard InChI is InChI=1S/C31H47NO2/c1-28-29(23-21-27-32(28)30-24-18-16-19-25-30)22-17-14-12-10-8-6-4-2-3-5-7-9-11-13-15-20-26-31(33)34/h16,18-19,21,23-25,27H,2-15,17,20,22,26H2,1H3. The Morgan fingerprint density at radius 2 is 1.12 bits per heavy atom. The summed E-state index contributed by atoms with van der Waals surface area (Å²) in [5.41, 5.74) is 4.08. The van der Waals surface area contributed by atoms with Gasteiger partial charge < -0.3 is 9.90 Å². The maximum absolute atomic E-state index is 10.4. The predicted octanol–water partition coefficient (Wildman–Crippen LogP) is 7.20. The van der Waals surface area contributed by atoms with Crippen LogP contribution in [0, 0.1) is 6.92 Å². The zero-order chi connectivity index (χ0) is 24.3. The fourth-order valence-electron chi connectivity index (χ4n) is 4.82. The molecule has 0 N–H and O–H groups in total. The monoisotopic (exact) mass is 465 g/mol. The van der Waals surface area contributed by atoms with E-state index in [-0.39, 0.29) is 6.42 Å². The number of para-hydroxylation sites is 1. The molecule has 1 heterocycles. The topological polar surface area (TPSA) is 44.0 Å². The fraction of sp³-hybridized carbons (Fsp3) is 0.613. The van der Waals surface area contributed by atoms with Gasteiger partial charge in [-0.3, -0.25) is 0 Å². The second-order valence-electron chi connectivity index (χ2n) is 9.85. The van der Waals surface area contributed by atoms with Crippen molar-refractivity contribution in [3.05, 3.63) is 59.9 Å². The van der Waals surface area contributed by atoms with Crippen LogP contribution in [0.5, 0.6) is 0 Å². The maximum Gasteiger partial charge on any atom is 0.210 e. The fourth-order valence-corrected chi connectivity index (χ4v) is 4.82. The number of carbonyl (C=O) groups is 1. The lowest BCUT2D eigenvalue weighted by atomic mass is 10.0. The number of pyridine rings is 1. The first-order valence-electron chi connectivity index (χ1n) is 13.9. The van der Waals surface area contributed by atoms with Crippen LogP contribution in [0.15, 0.2) is 48.7 Å². The third kappa shape index (κ3) is 12.3. The summed E-state index contributed by atoms with van der Waals surface area (Å²) in [6.07, 6.45) is 24.2. The first-order chi connectivity index (χ1) is 16.7. The Hall–Kier alpha value is -2.16. The van der Waals surface area contributed by atoms with E-state index in [2.05, 4.69) is 60.2 Å². The highest BCUT2D eigenvalue weighted by molar-refractivity contribution is 5.64. The van der Waals surface area contributed by atoms with E-state index in [4.69, 9.17) is 0 Å². The zero-order valence-electron chi connectivity index (χ0n) is 21.6. The van der Waals surface area contributed by atoms with Crippen LogP contribution in [0.2, 0.25) is 0 Å². The van der Waals surface area contributed by atoms with Gasteiger partial charge in [0.05, 0.1) is 0 Å². The number of hydrogen-bond donors (Lipinski definition) is 0. The molecule has 34 heavy (non-hydrogen) atoms. The minimum Gasteiger partial charge on any atom is -0.550 e. The Balaban J connectivity index is 1.39. The molecule has 0 atom stereocenters. The lowest BCUT2D eigenvalue weighted by Gasteiger charge is -2.06. The molecule has 0 fully saturated rings. The van der Waals surface area contributed by atoms with E-state index in [9.17, 15) is 9.90 Å². The highest BCUT2D eigenvalue weighted by Crippen LogP contribution is 2.15. The Labute approximate surface area is 208 Å². The number of aliphatic carboxylic acids is 1. The molecule has 188 valence electrons. The third-order valence-electron chi connectivity index (χ3n) is 6.97. The summed E-state index contributed by atoms with van der Waals surface area (Å²) in [7, 11) is 0. The van der Waals surface area contributed by atoms with E-state index < -0.39 is 5.97 Å². The molecule has 1 aromatic carbocycles. The number of carbonyl (C=O) groups excluding carboxylic acids is 1. The molecule has 0 aliphatic carbocycles. The van der Waals surface area contributed by atoms with Crippen molar-refractivity contribution in [1.29, 1.82) is 0 Å². The first kappa shape index (κ1) is 28.1. The van der Waals surface area contributed by atoms with Gasteiger partial charge in [0.1, 0.15) is 0 Å². The second-order valence-corrected chi connectivity index (χ2v) is 9.85. The molecule has 0 bridgehead atoms. The molecule has 0 saturated carbocycles. The minimum atomic E-state index is -0.907. The normalized spacial score (nSPS) is 11.1. The van der Waals surface area contributed by atoms with Gasteiger partial charge in [0.15, 0.2) is 11.9 Å². The lowest BCUT2D eigenvalue weighted by molar-refractivity contribution is -0.603. The Morgan fingerprint density at radius 1 is 0.647 bits per heavy atom. The molecular weight excluding hydrogens is 418 g/mol. The van der Waals surface area contributed by atoms with Crippen molar-refractivity contribution < 1.29 is 14.5 Å². The smallest absolute Gasteiger partial charge is 0.210 e. The minimum absolute atomic E-state index is 0.225. The summed E-state index contributed by atoms with van der Waals surface area (Å²) >= 11 is 0. The van der Waals surface area contributed by atoms with Gasteiger partial charge in [-0.25, -0.2) is 0 Å². The molecule has 0 radical (unpaired) electrons. The van der Waals surface area contributed by atoms with Crippen LogP contribution in [-0.4, -0.2) is 5.97 Å². The van der Waals surface area contributed by atoms with Gasteiger partial charge in [-0.2, -0.15) is 4.57 Å². The molecule has 0 saturated heterocycles. The van der Waals surface area contributed by atoms with Crippen LogP contribution in [0.3, 0.4) is 0 Å². The molecule has 0 aliphatic heterocycles. The molecule has 2 aromatic rings. The van der Waals surface area contributed by atoms with Gasteiger partial charge in [-0.05, 0) is 31.7 Å². The number of aromatic nitrogens is 1. The zero-order valence-corrected chi connectivity index (χ0v) is 21.6. The summed E-state index contributed by atoms with van der Waals surface area (Å²) in [6.45, 7) is 2.24. The van der Waals surface area contributed by atoms with E-state index >= 15 is 0 Å². The average molecular weight is 466 g/mol. The van der Waals surface area contributed by atoms with Crippen LogP contribution >= 0.6 is 0 Å². The van der Waals surface area contributed by atoms with Crippen molar-refractivity contribution in [3.63, 3.8) is 0 Å².